The van der Waals surface area contributed by atoms with Crippen molar-refractivity contribution in [2.24, 2.45) is 5.41 Å². The molecular formula is C16H21ClN2O2. The Labute approximate surface area is 130 Å². The molecule has 1 aromatic carbocycles. The predicted octanol–water partition coefficient (Wildman–Crippen LogP) is 2.56. The maximum absolute atomic E-state index is 12.8. The number of ether oxygens (including phenoxy) is 1. The van der Waals surface area contributed by atoms with Gasteiger partial charge >= 0.3 is 0 Å². The molecule has 3 rings (SSSR count). The Bertz CT molecular complexity index is 541. The number of carbonyl (C=O) groups excluding carboxylic acids is 1. The maximum Gasteiger partial charge on any atom is 0.257 e. The lowest BCUT2D eigenvalue weighted by Crippen LogP contribution is -2.47. The number of carbonyl (C=O) groups is 1. The van der Waals surface area contributed by atoms with Crippen molar-refractivity contribution in [3.05, 3.63) is 28.8 Å². The Morgan fingerprint density at radius 1 is 1.43 bits per heavy atom. The van der Waals surface area contributed by atoms with Gasteiger partial charge in [0.15, 0.2) is 0 Å². The zero-order valence-corrected chi connectivity index (χ0v) is 13.1. The lowest BCUT2D eigenvalue weighted by atomic mass is 9.79. The summed E-state index contributed by atoms with van der Waals surface area (Å²) < 4.78 is 5.31. The van der Waals surface area contributed by atoms with Crippen LogP contribution < -0.4 is 10.1 Å². The van der Waals surface area contributed by atoms with Crippen molar-refractivity contribution < 1.29 is 9.53 Å². The molecule has 2 aliphatic heterocycles. The Balaban J connectivity index is 1.81. The van der Waals surface area contributed by atoms with Crippen molar-refractivity contribution in [1.29, 1.82) is 0 Å². The Morgan fingerprint density at radius 3 is 3.00 bits per heavy atom. The first kappa shape index (κ1) is 14.7. The molecule has 0 aromatic heterocycles. The third-order valence-electron chi connectivity index (χ3n) is 4.67. The minimum atomic E-state index is 0.0505. The third kappa shape index (κ3) is 2.87. The van der Waals surface area contributed by atoms with E-state index in [1.807, 2.05) is 4.90 Å². The summed E-state index contributed by atoms with van der Waals surface area (Å²) in [4.78, 5) is 14.8. The average molecular weight is 309 g/mol. The summed E-state index contributed by atoms with van der Waals surface area (Å²) in [6.45, 7) is 3.75. The molecule has 1 N–H and O–H groups in total. The minimum absolute atomic E-state index is 0.0505. The van der Waals surface area contributed by atoms with Crippen LogP contribution >= 0.6 is 11.6 Å². The second-order valence-electron chi connectivity index (χ2n) is 6.10. The quantitative estimate of drug-likeness (QED) is 0.913. The van der Waals surface area contributed by atoms with Crippen LogP contribution in [0.5, 0.6) is 5.75 Å². The molecule has 0 bridgehead atoms. The number of nitrogens with zero attached hydrogens (tertiary/aromatic N) is 1. The maximum atomic E-state index is 12.8. The highest BCUT2D eigenvalue weighted by Gasteiger charge is 2.39. The SMILES string of the molecule is COc1cc(Cl)ccc1C(=O)N1CCC[C@@]2(CCNC2)C1. The first-order valence-electron chi connectivity index (χ1n) is 7.47. The average Bonchev–Trinajstić information content (AvgIpc) is 2.94. The molecule has 1 atom stereocenters. The molecule has 5 heteroatoms. The lowest BCUT2D eigenvalue weighted by Gasteiger charge is -2.40. The van der Waals surface area contributed by atoms with Crippen LogP contribution in [-0.4, -0.2) is 44.1 Å². The van der Waals surface area contributed by atoms with Crippen LogP contribution in [-0.2, 0) is 0 Å². The predicted molar refractivity (Wildman–Crippen MR) is 83.1 cm³/mol. The second-order valence-corrected chi connectivity index (χ2v) is 6.54. The molecular weight excluding hydrogens is 288 g/mol. The van der Waals surface area contributed by atoms with Gasteiger partial charge in [-0.15, -0.1) is 0 Å². The second kappa shape index (κ2) is 5.85. The van der Waals surface area contributed by atoms with E-state index in [-0.39, 0.29) is 11.3 Å². The van der Waals surface area contributed by atoms with E-state index in [2.05, 4.69) is 5.32 Å². The van der Waals surface area contributed by atoms with Gasteiger partial charge in [0.25, 0.3) is 5.91 Å². The van der Waals surface area contributed by atoms with Gasteiger partial charge in [-0.2, -0.15) is 0 Å². The zero-order valence-electron chi connectivity index (χ0n) is 12.3. The summed E-state index contributed by atoms with van der Waals surface area (Å²) in [6, 6.07) is 5.21. The van der Waals surface area contributed by atoms with E-state index in [0.717, 1.165) is 39.0 Å². The number of rotatable bonds is 2. The van der Waals surface area contributed by atoms with E-state index in [4.69, 9.17) is 16.3 Å². The molecule has 2 heterocycles. The van der Waals surface area contributed by atoms with Crippen molar-refractivity contribution in [2.75, 3.05) is 33.3 Å². The fourth-order valence-electron chi connectivity index (χ4n) is 3.54. The number of hydrogen-bond acceptors (Lipinski definition) is 3. The number of halogens is 1. The smallest absolute Gasteiger partial charge is 0.257 e. The number of methoxy groups -OCH3 is 1. The first-order chi connectivity index (χ1) is 10.1. The van der Waals surface area contributed by atoms with Crippen LogP contribution in [0.15, 0.2) is 18.2 Å². The Kier molecular flexibility index (Phi) is 4.09. The number of piperidine rings is 1. The van der Waals surface area contributed by atoms with Gasteiger partial charge in [0.1, 0.15) is 5.75 Å². The topological polar surface area (TPSA) is 41.6 Å². The molecule has 1 amide bonds. The van der Waals surface area contributed by atoms with Gasteiger partial charge in [0.05, 0.1) is 12.7 Å². The molecule has 1 spiro atoms. The normalized spacial score (nSPS) is 25.3. The van der Waals surface area contributed by atoms with Crippen molar-refractivity contribution in [3.8, 4) is 5.75 Å². The molecule has 4 nitrogen and oxygen atoms in total. The van der Waals surface area contributed by atoms with Crippen molar-refractivity contribution >= 4 is 17.5 Å². The van der Waals surface area contributed by atoms with Crippen LogP contribution in [0.2, 0.25) is 5.02 Å². The highest BCUT2D eigenvalue weighted by atomic mass is 35.5. The monoisotopic (exact) mass is 308 g/mol. The molecule has 0 aliphatic carbocycles. The summed E-state index contributed by atoms with van der Waals surface area (Å²) in [7, 11) is 1.57. The van der Waals surface area contributed by atoms with E-state index in [0.29, 0.717) is 16.3 Å². The largest absolute Gasteiger partial charge is 0.496 e. The lowest BCUT2D eigenvalue weighted by molar-refractivity contribution is 0.0550. The van der Waals surface area contributed by atoms with Gasteiger partial charge in [-0.3, -0.25) is 4.79 Å². The van der Waals surface area contributed by atoms with Crippen molar-refractivity contribution in [3.63, 3.8) is 0 Å². The van der Waals surface area contributed by atoms with Crippen molar-refractivity contribution in [2.45, 2.75) is 19.3 Å². The summed E-state index contributed by atoms with van der Waals surface area (Å²) in [5.74, 6) is 0.603. The van der Waals surface area contributed by atoms with Crippen LogP contribution in [0.1, 0.15) is 29.6 Å². The van der Waals surface area contributed by atoms with Gasteiger partial charge in [-0.05, 0) is 44.0 Å². The van der Waals surface area contributed by atoms with Crippen LogP contribution in [0.4, 0.5) is 0 Å². The third-order valence-corrected chi connectivity index (χ3v) is 4.91. The van der Waals surface area contributed by atoms with E-state index in [1.165, 1.54) is 6.42 Å². The molecule has 2 aliphatic rings. The summed E-state index contributed by atoms with van der Waals surface area (Å²) in [6.07, 6.45) is 3.44. The van der Waals surface area contributed by atoms with Gasteiger partial charge in [-0.25, -0.2) is 0 Å². The van der Waals surface area contributed by atoms with Crippen LogP contribution in [0.25, 0.3) is 0 Å². The molecule has 21 heavy (non-hydrogen) atoms. The van der Waals surface area contributed by atoms with E-state index >= 15 is 0 Å². The van der Waals surface area contributed by atoms with Gasteiger partial charge in [-0.1, -0.05) is 11.6 Å². The fraction of sp³-hybridized carbons (Fsp3) is 0.562. The molecule has 0 radical (unpaired) electrons. The number of hydrogen-bond donors (Lipinski definition) is 1. The van der Waals surface area contributed by atoms with E-state index in [1.54, 1.807) is 25.3 Å². The van der Waals surface area contributed by atoms with E-state index in [9.17, 15) is 4.79 Å². The zero-order chi connectivity index (χ0) is 14.9. The number of likely N-dealkylation sites (tertiary alicyclic amines) is 1. The summed E-state index contributed by atoms with van der Waals surface area (Å²) in [5, 5.41) is 4.01. The van der Waals surface area contributed by atoms with Crippen LogP contribution in [0, 0.1) is 5.41 Å². The highest BCUT2D eigenvalue weighted by molar-refractivity contribution is 6.30. The van der Waals surface area contributed by atoms with Crippen molar-refractivity contribution in [1.82, 2.24) is 10.2 Å². The standard InChI is InChI=1S/C16H21ClN2O2/c1-21-14-9-12(17)3-4-13(14)15(20)19-8-2-5-16(11-19)6-7-18-10-16/h3-4,9,18H,2,5-8,10-11H2,1H3/t16-/m0/s1. The summed E-state index contributed by atoms with van der Waals surface area (Å²) >= 11 is 5.97. The highest BCUT2D eigenvalue weighted by Crippen LogP contribution is 2.36. The molecule has 0 unspecified atom stereocenters. The molecule has 2 saturated heterocycles. The summed E-state index contributed by atoms with van der Waals surface area (Å²) in [5.41, 5.74) is 0.873. The Hall–Kier alpha value is -1.26. The molecule has 1 aromatic rings. The van der Waals surface area contributed by atoms with Gasteiger partial charge in [0.2, 0.25) is 0 Å². The molecule has 0 saturated carbocycles. The van der Waals surface area contributed by atoms with E-state index < -0.39 is 0 Å². The first-order valence-corrected chi connectivity index (χ1v) is 7.85. The van der Waals surface area contributed by atoms with Gasteiger partial charge < -0.3 is 15.0 Å². The Morgan fingerprint density at radius 2 is 2.29 bits per heavy atom. The van der Waals surface area contributed by atoms with Crippen LogP contribution in [0.3, 0.4) is 0 Å². The fourth-order valence-corrected chi connectivity index (χ4v) is 3.70. The van der Waals surface area contributed by atoms with Gasteiger partial charge in [0, 0.05) is 30.1 Å². The number of nitrogens with one attached hydrogen (secondary N) is 1. The molecule has 2 fully saturated rings. The molecule has 114 valence electrons. The minimum Gasteiger partial charge on any atom is -0.496 e. The number of amides is 1. The number of benzene rings is 1.